The van der Waals surface area contributed by atoms with E-state index in [9.17, 15) is 5.11 Å². The molecule has 0 radical (unpaired) electrons. The van der Waals surface area contributed by atoms with Gasteiger partial charge in [0.2, 0.25) is 0 Å². The Kier molecular flexibility index (Phi) is 4.79. The number of benzene rings is 1. The number of aliphatic hydroxyl groups excluding tert-OH is 1. The van der Waals surface area contributed by atoms with Crippen LogP contribution < -0.4 is 5.32 Å². The van der Waals surface area contributed by atoms with Gasteiger partial charge in [-0.3, -0.25) is 0 Å². The number of aliphatic hydroxyl groups is 1. The maximum atomic E-state index is 9.45. The molecule has 1 fully saturated rings. The summed E-state index contributed by atoms with van der Waals surface area (Å²) < 4.78 is 0. The summed E-state index contributed by atoms with van der Waals surface area (Å²) in [6.07, 6.45) is 4.91. The third-order valence-corrected chi connectivity index (χ3v) is 4.15. The predicted molar refractivity (Wildman–Crippen MR) is 75.6 cm³/mol. The van der Waals surface area contributed by atoms with Crippen molar-refractivity contribution in [2.45, 2.75) is 51.6 Å². The standard InChI is InChI=1S/C16H25NO/c1-12-6-5-8-14(10-12)13(2)17-16-9-4-3-7-15(16)11-18/h5-6,8,10,13,15-18H,3-4,7,9,11H2,1-2H3. The fourth-order valence-corrected chi connectivity index (χ4v) is 3.00. The van der Waals surface area contributed by atoms with Gasteiger partial charge in [-0.05, 0) is 38.2 Å². The van der Waals surface area contributed by atoms with Crippen LogP contribution in [-0.2, 0) is 0 Å². The highest BCUT2D eigenvalue weighted by Gasteiger charge is 2.25. The maximum Gasteiger partial charge on any atom is 0.0474 e. The fraction of sp³-hybridized carbons (Fsp3) is 0.625. The first-order valence-electron chi connectivity index (χ1n) is 7.14. The molecule has 1 aromatic rings. The average Bonchev–Trinajstić information content (AvgIpc) is 2.39. The van der Waals surface area contributed by atoms with Gasteiger partial charge >= 0.3 is 0 Å². The smallest absolute Gasteiger partial charge is 0.0474 e. The highest BCUT2D eigenvalue weighted by atomic mass is 16.3. The topological polar surface area (TPSA) is 32.3 Å². The van der Waals surface area contributed by atoms with Crippen molar-refractivity contribution in [2.75, 3.05) is 6.61 Å². The molecule has 100 valence electrons. The van der Waals surface area contributed by atoms with Crippen LogP contribution in [0.4, 0.5) is 0 Å². The molecule has 2 N–H and O–H groups in total. The van der Waals surface area contributed by atoms with Crippen LogP contribution in [0.25, 0.3) is 0 Å². The summed E-state index contributed by atoms with van der Waals surface area (Å²) in [7, 11) is 0. The molecule has 2 rings (SSSR count). The normalized spacial score (nSPS) is 25.9. The van der Waals surface area contributed by atoms with Crippen LogP contribution in [0.3, 0.4) is 0 Å². The molecule has 0 saturated heterocycles. The fourth-order valence-electron chi connectivity index (χ4n) is 3.00. The Morgan fingerprint density at radius 3 is 2.83 bits per heavy atom. The van der Waals surface area contributed by atoms with E-state index in [1.807, 2.05) is 0 Å². The number of hydrogen-bond donors (Lipinski definition) is 2. The molecule has 18 heavy (non-hydrogen) atoms. The summed E-state index contributed by atoms with van der Waals surface area (Å²) in [6, 6.07) is 9.51. The molecule has 2 nitrogen and oxygen atoms in total. The van der Waals surface area contributed by atoms with Crippen molar-refractivity contribution in [3.63, 3.8) is 0 Å². The van der Waals surface area contributed by atoms with Crippen LogP contribution in [0.15, 0.2) is 24.3 Å². The van der Waals surface area contributed by atoms with Crippen LogP contribution in [0.1, 0.15) is 49.8 Å². The van der Waals surface area contributed by atoms with Crippen molar-refractivity contribution in [1.82, 2.24) is 5.32 Å². The van der Waals surface area contributed by atoms with E-state index >= 15 is 0 Å². The van der Waals surface area contributed by atoms with Gasteiger partial charge in [0, 0.05) is 18.7 Å². The average molecular weight is 247 g/mol. The Balaban J connectivity index is 1.99. The van der Waals surface area contributed by atoms with Gasteiger partial charge in [0.1, 0.15) is 0 Å². The van der Waals surface area contributed by atoms with E-state index in [-0.39, 0.29) is 0 Å². The minimum atomic E-state index is 0.318. The van der Waals surface area contributed by atoms with Gasteiger partial charge in [-0.1, -0.05) is 42.7 Å². The van der Waals surface area contributed by atoms with Crippen LogP contribution in [0, 0.1) is 12.8 Å². The molecule has 0 bridgehead atoms. The highest BCUT2D eigenvalue weighted by Crippen LogP contribution is 2.26. The zero-order valence-corrected chi connectivity index (χ0v) is 11.5. The van der Waals surface area contributed by atoms with Crippen LogP contribution >= 0.6 is 0 Å². The third kappa shape index (κ3) is 3.33. The van der Waals surface area contributed by atoms with Gasteiger partial charge < -0.3 is 10.4 Å². The first kappa shape index (κ1) is 13.6. The lowest BCUT2D eigenvalue weighted by atomic mass is 9.84. The maximum absolute atomic E-state index is 9.45. The molecular weight excluding hydrogens is 222 g/mol. The molecule has 0 amide bonds. The Morgan fingerprint density at radius 1 is 1.33 bits per heavy atom. The van der Waals surface area contributed by atoms with E-state index in [0.29, 0.717) is 24.6 Å². The van der Waals surface area contributed by atoms with Crippen molar-refractivity contribution in [2.24, 2.45) is 5.92 Å². The highest BCUT2D eigenvalue weighted by molar-refractivity contribution is 5.24. The lowest BCUT2D eigenvalue weighted by Crippen LogP contribution is -2.41. The van der Waals surface area contributed by atoms with E-state index in [0.717, 1.165) is 6.42 Å². The summed E-state index contributed by atoms with van der Waals surface area (Å²) >= 11 is 0. The molecule has 1 aliphatic carbocycles. The lowest BCUT2D eigenvalue weighted by Gasteiger charge is -2.33. The van der Waals surface area contributed by atoms with E-state index in [1.54, 1.807) is 0 Å². The van der Waals surface area contributed by atoms with Crippen molar-refractivity contribution in [1.29, 1.82) is 0 Å². The number of aryl methyl sites for hydroxylation is 1. The summed E-state index contributed by atoms with van der Waals surface area (Å²) in [6.45, 7) is 4.67. The molecule has 3 unspecified atom stereocenters. The second kappa shape index (κ2) is 6.35. The monoisotopic (exact) mass is 247 g/mol. The molecule has 0 heterocycles. The predicted octanol–water partition coefficient (Wildman–Crippen LogP) is 3.20. The van der Waals surface area contributed by atoms with E-state index < -0.39 is 0 Å². The summed E-state index contributed by atoms with van der Waals surface area (Å²) in [5.41, 5.74) is 2.65. The van der Waals surface area contributed by atoms with Crippen molar-refractivity contribution < 1.29 is 5.11 Å². The SMILES string of the molecule is Cc1cccc(C(C)NC2CCCCC2CO)c1. The molecule has 0 aliphatic heterocycles. The zero-order valence-electron chi connectivity index (χ0n) is 11.5. The number of hydrogen-bond acceptors (Lipinski definition) is 2. The van der Waals surface area contributed by atoms with Gasteiger partial charge in [0.05, 0.1) is 0 Å². The van der Waals surface area contributed by atoms with Gasteiger partial charge in [-0.15, -0.1) is 0 Å². The molecular formula is C16H25NO. The molecule has 0 spiro atoms. The Morgan fingerprint density at radius 2 is 2.11 bits per heavy atom. The summed E-state index contributed by atoms with van der Waals surface area (Å²) in [5, 5.41) is 13.2. The van der Waals surface area contributed by atoms with Crippen molar-refractivity contribution >= 4 is 0 Å². The van der Waals surface area contributed by atoms with Gasteiger partial charge in [-0.2, -0.15) is 0 Å². The molecule has 1 saturated carbocycles. The van der Waals surface area contributed by atoms with Crippen LogP contribution in [-0.4, -0.2) is 17.8 Å². The van der Waals surface area contributed by atoms with E-state index in [4.69, 9.17) is 0 Å². The number of rotatable bonds is 4. The quantitative estimate of drug-likeness (QED) is 0.856. The minimum Gasteiger partial charge on any atom is -0.396 e. The Labute approximate surface area is 110 Å². The molecule has 1 aliphatic rings. The Bertz CT molecular complexity index is 377. The summed E-state index contributed by atoms with van der Waals surface area (Å²) in [4.78, 5) is 0. The zero-order chi connectivity index (χ0) is 13.0. The van der Waals surface area contributed by atoms with E-state index in [2.05, 4.69) is 43.4 Å². The van der Waals surface area contributed by atoms with Gasteiger partial charge in [0.15, 0.2) is 0 Å². The van der Waals surface area contributed by atoms with Crippen LogP contribution in [0.5, 0.6) is 0 Å². The number of nitrogens with one attached hydrogen (secondary N) is 1. The molecule has 3 atom stereocenters. The molecule has 2 heteroatoms. The molecule has 0 aromatic heterocycles. The van der Waals surface area contributed by atoms with Gasteiger partial charge in [-0.25, -0.2) is 0 Å². The Hall–Kier alpha value is -0.860. The first-order chi connectivity index (χ1) is 8.70. The first-order valence-corrected chi connectivity index (χ1v) is 7.14. The summed E-state index contributed by atoms with van der Waals surface area (Å²) in [5.74, 6) is 0.436. The largest absolute Gasteiger partial charge is 0.396 e. The van der Waals surface area contributed by atoms with Crippen molar-refractivity contribution in [3.05, 3.63) is 35.4 Å². The van der Waals surface area contributed by atoms with E-state index in [1.165, 1.54) is 30.4 Å². The minimum absolute atomic E-state index is 0.318. The second-order valence-corrected chi connectivity index (χ2v) is 5.64. The molecule has 1 aromatic carbocycles. The second-order valence-electron chi connectivity index (χ2n) is 5.64. The van der Waals surface area contributed by atoms with Crippen LogP contribution in [0.2, 0.25) is 0 Å². The third-order valence-electron chi connectivity index (χ3n) is 4.15. The van der Waals surface area contributed by atoms with Gasteiger partial charge in [0.25, 0.3) is 0 Å². The van der Waals surface area contributed by atoms with Crippen molar-refractivity contribution in [3.8, 4) is 0 Å². The lowest BCUT2D eigenvalue weighted by molar-refractivity contribution is 0.147.